The number of nitrogens with one attached hydrogen (secondary N) is 2. The van der Waals surface area contributed by atoms with E-state index in [1.807, 2.05) is 33.8 Å². The van der Waals surface area contributed by atoms with E-state index >= 15 is 0 Å². The number of hydrogen-bond acceptors (Lipinski definition) is 8. The fraction of sp³-hybridized carbons (Fsp3) is 0.421. The van der Waals surface area contributed by atoms with Gasteiger partial charge in [-0.1, -0.05) is 25.2 Å². The van der Waals surface area contributed by atoms with Crippen LogP contribution in [0.1, 0.15) is 27.7 Å². The van der Waals surface area contributed by atoms with Crippen molar-refractivity contribution >= 4 is 32.8 Å². The van der Waals surface area contributed by atoms with Gasteiger partial charge in [0.25, 0.3) is 0 Å². The molecule has 0 aromatic carbocycles. The second-order valence-corrected chi connectivity index (χ2v) is 6.32. The molecule has 3 heterocycles. The van der Waals surface area contributed by atoms with Crippen molar-refractivity contribution in [3.05, 3.63) is 24.8 Å². The first-order chi connectivity index (χ1) is 14.2. The molecule has 10 heteroatoms. The monoisotopic (exact) mass is 418 g/mol. The van der Waals surface area contributed by atoms with Crippen LogP contribution in [-0.4, -0.2) is 52.3 Å². The molecule has 156 valence electrons. The van der Waals surface area contributed by atoms with Crippen molar-refractivity contribution in [3.63, 3.8) is 0 Å². The number of hydrogen-bond donors (Lipinski definition) is 2. The Hall–Kier alpha value is -2.85. The Labute approximate surface area is 173 Å². The zero-order valence-corrected chi connectivity index (χ0v) is 17.9. The summed E-state index contributed by atoms with van der Waals surface area (Å²) in [5.41, 5.74) is 2.15. The smallest absolute Gasteiger partial charge is 0.321 e. The summed E-state index contributed by atoms with van der Waals surface area (Å²) in [5.74, 6) is 0.449. The van der Waals surface area contributed by atoms with Gasteiger partial charge in [0, 0.05) is 36.7 Å². The van der Waals surface area contributed by atoms with Crippen LogP contribution in [-0.2, 0) is 4.74 Å². The second-order valence-electron chi connectivity index (χ2n) is 5.34. The highest BCUT2D eigenvalue weighted by Gasteiger charge is 2.15. The molecule has 0 unspecified atom stereocenters. The van der Waals surface area contributed by atoms with E-state index in [-0.39, 0.29) is 6.03 Å². The van der Waals surface area contributed by atoms with Crippen molar-refractivity contribution in [2.75, 3.05) is 31.7 Å². The highest BCUT2D eigenvalue weighted by atomic mass is 32.1. The first-order valence-electron chi connectivity index (χ1n) is 9.53. The standard InChI is InChI=1S/C17H20N6O3S.C2H6/c1-3-20-16(24)23-17-21-13-7-12(11-8-18-10-19-9-11)14(22-15(13)27-17)26-6-5-25-4-2;1-2/h7-10H,3-6H2,1-2H3,(H2,20,21,23,24);1-2H3. The number of ether oxygens (including phenoxy) is 2. The molecule has 0 atom stereocenters. The minimum absolute atomic E-state index is 0.304. The summed E-state index contributed by atoms with van der Waals surface area (Å²) in [7, 11) is 0. The molecule has 3 rings (SSSR count). The normalized spacial score (nSPS) is 10.2. The van der Waals surface area contributed by atoms with E-state index in [2.05, 4.69) is 30.6 Å². The number of fused-ring (bicyclic) bond motifs is 1. The lowest BCUT2D eigenvalue weighted by Crippen LogP contribution is -2.28. The molecule has 0 spiro atoms. The molecule has 0 radical (unpaired) electrons. The summed E-state index contributed by atoms with van der Waals surface area (Å²) in [4.78, 5) is 29.5. The maximum absolute atomic E-state index is 11.7. The molecule has 0 saturated carbocycles. The summed E-state index contributed by atoms with van der Waals surface area (Å²) < 4.78 is 11.1. The van der Waals surface area contributed by atoms with Crippen molar-refractivity contribution in [3.8, 4) is 17.0 Å². The molecule has 0 aliphatic rings. The highest BCUT2D eigenvalue weighted by Crippen LogP contribution is 2.34. The largest absolute Gasteiger partial charge is 0.475 e. The van der Waals surface area contributed by atoms with Gasteiger partial charge in [-0.3, -0.25) is 5.32 Å². The Morgan fingerprint density at radius 2 is 1.90 bits per heavy atom. The fourth-order valence-electron chi connectivity index (χ4n) is 2.30. The second kappa shape index (κ2) is 11.9. The molecule has 9 nitrogen and oxygen atoms in total. The predicted octanol–water partition coefficient (Wildman–Crippen LogP) is 3.73. The first-order valence-corrected chi connectivity index (χ1v) is 10.3. The Kier molecular flexibility index (Phi) is 9.19. The van der Waals surface area contributed by atoms with Crippen LogP contribution in [0.3, 0.4) is 0 Å². The third-order valence-corrected chi connectivity index (χ3v) is 4.33. The quantitative estimate of drug-likeness (QED) is 0.536. The maximum atomic E-state index is 11.7. The maximum Gasteiger partial charge on any atom is 0.321 e. The molecule has 2 amide bonds. The van der Waals surface area contributed by atoms with E-state index in [0.29, 0.717) is 47.7 Å². The molecular formula is C19H26N6O3S. The third-order valence-electron chi connectivity index (χ3n) is 3.45. The van der Waals surface area contributed by atoms with E-state index in [1.165, 1.54) is 17.7 Å². The Balaban J connectivity index is 0.00000145. The lowest BCUT2D eigenvalue weighted by atomic mass is 10.1. The SMILES string of the molecule is CC.CCNC(=O)Nc1nc2cc(-c3cncnc3)c(OCCOCC)nc2s1. The number of nitrogens with zero attached hydrogens (tertiary/aromatic N) is 4. The number of urea groups is 1. The van der Waals surface area contributed by atoms with E-state index in [4.69, 9.17) is 9.47 Å². The van der Waals surface area contributed by atoms with Crippen molar-refractivity contribution in [1.29, 1.82) is 0 Å². The number of thiazole rings is 1. The number of carbonyl (C=O) groups is 1. The molecule has 0 saturated heterocycles. The molecule has 0 aliphatic heterocycles. The number of pyridine rings is 1. The van der Waals surface area contributed by atoms with Gasteiger partial charge in [0.2, 0.25) is 5.88 Å². The molecule has 2 N–H and O–H groups in total. The molecular weight excluding hydrogens is 392 g/mol. The molecule has 3 aromatic heterocycles. The van der Waals surface area contributed by atoms with Crippen molar-refractivity contribution in [1.82, 2.24) is 25.3 Å². The van der Waals surface area contributed by atoms with Gasteiger partial charge >= 0.3 is 6.03 Å². The van der Waals surface area contributed by atoms with Crippen LogP contribution >= 0.6 is 11.3 Å². The summed E-state index contributed by atoms with van der Waals surface area (Å²) in [6.45, 7) is 9.77. The number of anilines is 1. The van der Waals surface area contributed by atoms with Gasteiger partial charge in [0.05, 0.1) is 6.61 Å². The van der Waals surface area contributed by atoms with Crippen LogP contribution in [0.2, 0.25) is 0 Å². The van der Waals surface area contributed by atoms with Gasteiger partial charge in [-0.15, -0.1) is 0 Å². The summed E-state index contributed by atoms with van der Waals surface area (Å²) in [5, 5.41) is 5.83. The summed E-state index contributed by atoms with van der Waals surface area (Å²) in [6.07, 6.45) is 4.83. The fourth-order valence-corrected chi connectivity index (χ4v) is 3.11. The number of rotatable bonds is 8. The number of carbonyl (C=O) groups excluding carboxylic acids is 1. The van der Waals surface area contributed by atoms with Crippen molar-refractivity contribution in [2.45, 2.75) is 27.7 Å². The highest BCUT2D eigenvalue weighted by molar-refractivity contribution is 7.22. The van der Waals surface area contributed by atoms with Crippen LogP contribution in [0.5, 0.6) is 5.88 Å². The topological polar surface area (TPSA) is 111 Å². The predicted molar refractivity (Wildman–Crippen MR) is 114 cm³/mol. The number of amides is 2. The van der Waals surface area contributed by atoms with Gasteiger partial charge in [0.1, 0.15) is 23.3 Å². The number of aromatic nitrogens is 4. The third kappa shape index (κ3) is 6.33. The Morgan fingerprint density at radius 3 is 2.59 bits per heavy atom. The molecule has 0 fully saturated rings. The van der Waals surface area contributed by atoms with Crippen LogP contribution in [0, 0.1) is 0 Å². The van der Waals surface area contributed by atoms with E-state index < -0.39 is 0 Å². The van der Waals surface area contributed by atoms with Gasteiger partial charge < -0.3 is 14.8 Å². The van der Waals surface area contributed by atoms with Gasteiger partial charge in [-0.25, -0.2) is 24.7 Å². The van der Waals surface area contributed by atoms with Gasteiger partial charge in [-0.05, 0) is 19.9 Å². The average molecular weight is 419 g/mol. The molecule has 3 aromatic rings. The van der Waals surface area contributed by atoms with E-state index in [1.54, 1.807) is 12.4 Å². The minimum Gasteiger partial charge on any atom is -0.475 e. The van der Waals surface area contributed by atoms with E-state index in [0.717, 1.165) is 11.1 Å². The Morgan fingerprint density at radius 1 is 1.14 bits per heavy atom. The Bertz CT molecular complexity index is 904. The average Bonchev–Trinajstić information content (AvgIpc) is 3.13. The van der Waals surface area contributed by atoms with Crippen molar-refractivity contribution in [2.24, 2.45) is 0 Å². The summed E-state index contributed by atoms with van der Waals surface area (Å²) >= 11 is 1.28. The van der Waals surface area contributed by atoms with Gasteiger partial charge in [-0.2, -0.15) is 0 Å². The van der Waals surface area contributed by atoms with E-state index in [9.17, 15) is 4.79 Å². The molecule has 0 aliphatic carbocycles. The first kappa shape index (κ1) is 22.4. The van der Waals surface area contributed by atoms with Gasteiger partial charge in [0.15, 0.2) is 5.13 Å². The molecule has 0 bridgehead atoms. The molecule has 29 heavy (non-hydrogen) atoms. The summed E-state index contributed by atoms with van der Waals surface area (Å²) in [6, 6.07) is 1.55. The zero-order valence-electron chi connectivity index (χ0n) is 17.1. The lowest BCUT2D eigenvalue weighted by Gasteiger charge is -2.10. The lowest BCUT2D eigenvalue weighted by molar-refractivity contribution is 0.109. The van der Waals surface area contributed by atoms with Crippen LogP contribution in [0.4, 0.5) is 9.93 Å². The van der Waals surface area contributed by atoms with Crippen LogP contribution in [0.25, 0.3) is 21.5 Å². The van der Waals surface area contributed by atoms with Crippen molar-refractivity contribution < 1.29 is 14.3 Å². The zero-order chi connectivity index (χ0) is 21.1. The van der Waals surface area contributed by atoms with Crippen LogP contribution < -0.4 is 15.4 Å². The minimum atomic E-state index is -0.304. The van der Waals surface area contributed by atoms with Crippen LogP contribution in [0.15, 0.2) is 24.8 Å².